The number of halogens is 2. The van der Waals surface area contributed by atoms with Crippen molar-refractivity contribution in [1.82, 2.24) is 0 Å². The smallest absolute Gasteiger partial charge is 0.316 e. The predicted octanol–water partition coefficient (Wildman–Crippen LogP) is 3.25. The van der Waals surface area contributed by atoms with Crippen LogP contribution in [0.5, 0.6) is 11.5 Å². The molecule has 0 aromatic heterocycles. The first-order valence-corrected chi connectivity index (χ1v) is 8.68. The van der Waals surface area contributed by atoms with E-state index in [0.717, 1.165) is 30.0 Å². The maximum absolute atomic E-state index is 13.5. The second-order valence-electron chi connectivity index (χ2n) is 5.31. The Balaban J connectivity index is 1.51. The number of rotatable bonds is 6. The van der Waals surface area contributed by atoms with Crippen LogP contribution in [0.2, 0.25) is 0 Å². The van der Waals surface area contributed by atoms with Crippen molar-refractivity contribution in [3.63, 3.8) is 0 Å². The van der Waals surface area contributed by atoms with Gasteiger partial charge in [0.1, 0.15) is 24.8 Å². The average molecular weight is 380 g/mol. The van der Waals surface area contributed by atoms with E-state index in [2.05, 4.69) is 0 Å². The number of ketones is 1. The summed E-state index contributed by atoms with van der Waals surface area (Å²) in [4.78, 5) is 23.8. The van der Waals surface area contributed by atoms with Gasteiger partial charge in [-0.15, -0.1) is 11.8 Å². The van der Waals surface area contributed by atoms with Crippen molar-refractivity contribution in [2.45, 2.75) is 4.90 Å². The molecule has 136 valence electrons. The molecule has 0 fully saturated rings. The third-order valence-electron chi connectivity index (χ3n) is 3.47. The number of Topliss-reactive ketones (excluding diaryl/α,β-unsaturated/α-hetero) is 1. The molecule has 2 aromatic carbocycles. The van der Waals surface area contributed by atoms with Crippen molar-refractivity contribution in [2.75, 3.05) is 25.6 Å². The molecule has 0 bridgehead atoms. The molecule has 0 saturated carbocycles. The van der Waals surface area contributed by atoms with Gasteiger partial charge in [0.15, 0.2) is 23.9 Å². The van der Waals surface area contributed by atoms with Crippen LogP contribution in [0, 0.1) is 11.6 Å². The number of esters is 1. The highest BCUT2D eigenvalue weighted by atomic mass is 32.2. The number of hydrogen-bond donors (Lipinski definition) is 0. The van der Waals surface area contributed by atoms with E-state index in [1.165, 1.54) is 6.07 Å². The van der Waals surface area contributed by atoms with Gasteiger partial charge < -0.3 is 14.2 Å². The largest absolute Gasteiger partial charge is 0.486 e. The molecular weight excluding hydrogens is 366 g/mol. The zero-order valence-electron chi connectivity index (χ0n) is 13.5. The van der Waals surface area contributed by atoms with Gasteiger partial charge >= 0.3 is 5.97 Å². The number of benzene rings is 2. The molecular formula is C18H14F2O5S. The molecule has 26 heavy (non-hydrogen) atoms. The maximum atomic E-state index is 13.5. The van der Waals surface area contributed by atoms with Crippen LogP contribution in [0.25, 0.3) is 0 Å². The Bertz CT molecular complexity index is 840. The standard InChI is InChI=1S/C18H14F2O5S/c19-12-2-3-13(20)17(8-12)26-10-18(22)25-9-14(21)11-1-4-15-16(7-11)24-6-5-23-15/h1-4,7-8H,5-6,9-10H2. The van der Waals surface area contributed by atoms with Crippen molar-refractivity contribution in [1.29, 1.82) is 0 Å². The van der Waals surface area contributed by atoms with E-state index in [4.69, 9.17) is 14.2 Å². The number of fused-ring (bicyclic) bond motifs is 1. The molecule has 0 radical (unpaired) electrons. The fraction of sp³-hybridized carbons (Fsp3) is 0.222. The lowest BCUT2D eigenvalue weighted by Gasteiger charge is -2.18. The molecule has 5 nitrogen and oxygen atoms in total. The third kappa shape index (κ3) is 4.51. The van der Waals surface area contributed by atoms with E-state index in [0.29, 0.717) is 30.3 Å². The monoisotopic (exact) mass is 380 g/mol. The average Bonchev–Trinajstić information content (AvgIpc) is 2.66. The second kappa shape index (κ2) is 8.18. The zero-order chi connectivity index (χ0) is 18.5. The molecule has 0 atom stereocenters. The molecule has 1 heterocycles. The van der Waals surface area contributed by atoms with Gasteiger partial charge in [-0.25, -0.2) is 8.78 Å². The maximum Gasteiger partial charge on any atom is 0.316 e. The fourth-order valence-electron chi connectivity index (χ4n) is 2.21. The van der Waals surface area contributed by atoms with E-state index in [1.54, 1.807) is 12.1 Å². The Kier molecular flexibility index (Phi) is 5.72. The van der Waals surface area contributed by atoms with Crippen molar-refractivity contribution < 1.29 is 32.6 Å². The van der Waals surface area contributed by atoms with Crippen LogP contribution in [-0.4, -0.2) is 37.3 Å². The molecule has 1 aliphatic heterocycles. The van der Waals surface area contributed by atoms with Gasteiger partial charge in [0, 0.05) is 10.5 Å². The Hall–Kier alpha value is -2.61. The first kappa shape index (κ1) is 18.2. The minimum absolute atomic E-state index is 0.000104. The Morgan fingerprint density at radius 1 is 1.04 bits per heavy atom. The fourth-order valence-corrected chi connectivity index (χ4v) is 2.97. The number of carbonyl (C=O) groups is 2. The van der Waals surface area contributed by atoms with Gasteiger partial charge in [0.25, 0.3) is 0 Å². The molecule has 1 aliphatic rings. The molecule has 0 aliphatic carbocycles. The van der Waals surface area contributed by atoms with Crippen LogP contribution in [0.1, 0.15) is 10.4 Å². The lowest BCUT2D eigenvalue weighted by atomic mass is 10.1. The third-order valence-corrected chi connectivity index (χ3v) is 4.47. The van der Waals surface area contributed by atoms with E-state index in [9.17, 15) is 18.4 Å². The Morgan fingerprint density at radius 2 is 1.81 bits per heavy atom. The summed E-state index contributed by atoms with van der Waals surface area (Å²) < 4.78 is 42.2. The molecule has 2 aromatic rings. The van der Waals surface area contributed by atoms with Crippen molar-refractivity contribution in [2.24, 2.45) is 0 Å². The van der Waals surface area contributed by atoms with Gasteiger partial charge in [-0.3, -0.25) is 9.59 Å². The number of hydrogen-bond acceptors (Lipinski definition) is 6. The predicted molar refractivity (Wildman–Crippen MR) is 89.8 cm³/mol. The SMILES string of the molecule is O=C(CSc1cc(F)ccc1F)OCC(=O)c1ccc2c(c1)OCCO2. The summed E-state index contributed by atoms with van der Waals surface area (Å²) in [6.07, 6.45) is 0. The highest BCUT2D eigenvalue weighted by molar-refractivity contribution is 8.00. The van der Waals surface area contributed by atoms with E-state index < -0.39 is 30.0 Å². The van der Waals surface area contributed by atoms with Crippen LogP contribution in [0.4, 0.5) is 8.78 Å². The van der Waals surface area contributed by atoms with E-state index in [1.807, 2.05) is 0 Å². The summed E-state index contributed by atoms with van der Waals surface area (Å²) in [5.74, 6) is -1.56. The minimum Gasteiger partial charge on any atom is -0.486 e. The summed E-state index contributed by atoms with van der Waals surface area (Å²) in [7, 11) is 0. The Labute approximate surface area is 152 Å². The minimum atomic E-state index is -0.704. The van der Waals surface area contributed by atoms with Crippen LogP contribution in [-0.2, 0) is 9.53 Å². The zero-order valence-corrected chi connectivity index (χ0v) is 14.3. The number of thioether (sulfide) groups is 1. The van der Waals surface area contributed by atoms with Crippen LogP contribution in [0.3, 0.4) is 0 Å². The molecule has 0 saturated heterocycles. The molecule has 0 N–H and O–H groups in total. The lowest BCUT2D eigenvalue weighted by molar-refractivity contribution is -0.139. The summed E-state index contributed by atoms with van der Waals surface area (Å²) in [5, 5.41) is 0. The summed E-state index contributed by atoms with van der Waals surface area (Å²) in [6, 6.07) is 7.67. The normalized spacial score (nSPS) is 12.5. The number of carbonyl (C=O) groups excluding carboxylic acids is 2. The summed E-state index contributed by atoms with van der Waals surface area (Å²) in [6.45, 7) is 0.389. The number of ether oxygens (including phenoxy) is 3. The van der Waals surface area contributed by atoms with Crippen molar-refractivity contribution in [3.8, 4) is 11.5 Å². The first-order chi connectivity index (χ1) is 12.5. The second-order valence-corrected chi connectivity index (χ2v) is 6.32. The molecule has 0 spiro atoms. The topological polar surface area (TPSA) is 61.8 Å². The van der Waals surface area contributed by atoms with Gasteiger partial charge in [-0.1, -0.05) is 0 Å². The van der Waals surface area contributed by atoms with Crippen molar-refractivity contribution in [3.05, 3.63) is 53.6 Å². The van der Waals surface area contributed by atoms with E-state index >= 15 is 0 Å². The van der Waals surface area contributed by atoms with Crippen LogP contribution < -0.4 is 9.47 Å². The van der Waals surface area contributed by atoms with Gasteiger partial charge in [-0.05, 0) is 36.4 Å². The van der Waals surface area contributed by atoms with E-state index in [-0.39, 0.29) is 10.6 Å². The van der Waals surface area contributed by atoms with Gasteiger partial charge in [-0.2, -0.15) is 0 Å². The molecule has 8 heteroatoms. The quantitative estimate of drug-likeness (QED) is 0.436. The van der Waals surface area contributed by atoms with Crippen LogP contribution in [0.15, 0.2) is 41.3 Å². The molecule has 0 amide bonds. The van der Waals surface area contributed by atoms with Crippen LogP contribution >= 0.6 is 11.8 Å². The molecule has 0 unspecified atom stereocenters. The Morgan fingerprint density at radius 3 is 2.62 bits per heavy atom. The van der Waals surface area contributed by atoms with Gasteiger partial charge in [0.2, 0.25) is 0 Å². The summed E-state index contributed by atoms with van der Waals surface area (Å²) >= 11 is 0.798. The molecule has 3 rings (SSSR count). The highest BCUT2D eigenvalue weighted by Gasteiger charge is 2.16. The highest BCUT2D eigenvalue weighted by Crippen LogP contribution is 2.30. The van der Waals surface area contributed by atoms with Gasteiger partial charge in [0.05, 0.1) is 5.75 Å². The summed E-state index contributed by atoms with van der Waals surface area (Å²) in [5.41, 5.74) is 0.325. The lowest BCUT2D eigenvalue weighted by Crippen LogP contribution is -2.18. The van der Waals surface area contributed by atoms with Crippen molar-refractivity contribution >= 4 is 23.5 Å². The first-order valence-electron chi connectivity index (χ1n) is 7.69.